The van der Waals surface area contributed by atoms with Crippen molar-refractivity contribution in [1.82, 2.24) is 9.97 Å². The van der Waals surface area contributed by atoms with Gasteiger partial charge in [0.1, 0.15) is 0 Å². The van der Waals surface area contributed by atoms with Gasteiger partial charge in [-0.2, -0.15) is 4.98 Å². The van der Waals surface area contributed by atoms with E-state index >= 15 is 0 Å². The Hall–Kier alpha value is -2.94. The van der Waals surface area contributed by atoms with E-state index in [0.29, 0.717) is 11.6 Å². The number of nitrogens with two attached hydrogens (primary N) is 1. The number of non-ortho nitro benzene ring substituents is 1. The first-order chi connectivity index (χ1) is 9.63. The molecule has 0 amide bonds. The molecule has 2 rings (SSSR count). The molecule has 3 N–H and O–H groups in total. The number of hydrogen-bond donors (Lipinski definition) is 2. The predicted octanol–water partition coefficient (Wildman–Crippen LogP) is 1.47. The van der Waals surface area contributed by atoms with Crippen molar-refractivity contribution in [2.24, 2.45) is 5.84 Å². The second kappa shape index (κ2) is 5.80. The molecule has 0 saturated carbocycles. The van der Waals surface area contributed by atoms with Gasteiger partial charge in [-0.15, -0.1) is 0 Å². The highest BCUT2D eigenvalue weighted by Gasteiger charge is 2.14. The van der Waals surface area contributed by atoms with Crippen LogP contribution in [0.15, 0.2) is 30.6 Å². The molecule has 104 valence electrons. The van der Waals surface area contributed by atoms with Crippen molar-refractivity contribution in [3.8, 4) is 17.4 Å². The Morgan fingerprint density at radius 2 is 2.15 bits per heavy atom. The lowest BCUT2D eigenvalue weighted by atomic mass is 10.3. The number of hydrazine groups is 1. The summed E-state index contributed by atoms with van der Waals surface area (Å²) < 4.78 is 10.5. The zero-order chi connectivity index (χ0) is 14.5. The van der Waals surface area contributed by atoms with Crippen LogP contribution in [0, 0.1) is 10.1 Å². The van der Waals surface area contributed by atoms with Crippen LogP contribution in [0.4, 0.5) is 11.5 Å². The van der Waals surface area contributed by atoms with E-state index in [-0.39, 0.29) is 17.3 Å². The molecule has 0 spiro atoms. The number of nitro benzene ring substituents is 1. The highest BCUT2D eigenvalue weighted by Crippen LogP contribution is 2.34. The van der Waals surface area contributed by atoms with Gasteiger partial charge in [0, 0.05) is 6.07 Å². The van der Waals surface area contributed by atoms with Gasteiger partial charge in [0.2, 0.25) is 5.88 Å². The Kier molecular flexibility index (Phi) is 3.91. The van der Waals surface area contributed by atoms with Gasteiger partial charge in [0.25, 0.3) is 5.69 Å². The summed E-state index contributed by atoms with van der Waals surface area (Å²) in [4.78, 5) is 18.1. The Labute approximate surface area is 113 Å². The summed E-state index contributed by atoms with van der Waals surface area (Å²) in [5, 5.41) is 10.8. The lowest BCUT2D eigenvalue weighted by Gasteiger charge is -2.09. The molecule has 1 aromatic carbocycles. The van der Waals surface area contributed by atoms with Gasteiger partial charge in [-0.3, -0.25) is 15.1 Å². The standard InChI is InChI=1S/C11H11N5O4/c1-19-8-3-2-7(16(17)18)4-9(8)20-11-6-13-5-10(14-11)15-12/h2-6H,12H2,1H3,(H,14,15). The molecule has 0 saturated heterocycles. The normalized spacial score (nSPS) is 9.90. The summed E-state index contributed by atoms with van der Waals surface area (Å²) >= 11 is 0. The summed E-state index contributed by atoms with van der Waals surface area (Å²) in [6, 6.07) is 3.99. The maximum atomic E-state index is 10.8. The lowest BCUT2D eigenvalue weighted by Crippen LogP contribution is -2.09. The number of benzene rings is 1. The summed E-state index contributed by atoms with van der Waals surface area (Å²) in [5.74, 6) is 6.13. The van der Waals surface area contributed by atoms with Crippen LogP contribution in [0.3, 0.4) is 0 Å². The number of nitro groups is 1. The van der Waals surface area contributed by atoms with Crippen molar-refractivity contribution < 1.29 is 14.4 Å². The number of anilines is 1. The number of hydrogen-bond acceptors (Lipinski definition) is 8. The second-order valence-corrected chi connectivity index (χ2v) is 3.58. The number of nitrogens with one attached hydrogen (secondary N) is 1. The van der Waals surface area contributed by atoms with Crippen molar-refractivity contribution >= 4 is 11.5 Å². The van der Waals surface area contributed by atoms with E-state index < -0.39 is 4.92 Å². The molecule has 0 atom stereocenters. The minimum atomic E-state index is -0.532. The van der Waals surface area contributed by atoms with E-state index in [1.54, 1.807) is 0 Å². The van der Waals surface area contributed by atoms with Gasteiger partial charge in [-0.1, -0.05) is 0 Å². The molecule has 1 heterocycles. The zero-order valence-corrected chi connectivity index (χ0v) is 10.4. The quantitative estimate of drug-likeness (QED) is 0.478. The van der Waals surface area contributed by atoms with Crippen LogP contribution in [0.1, 0.15) is 0 Å². The molecule has 9 heteroatoms. The maximum absolute atomic E-state index is 10.8. The SMILES string of the molecule is COc1ccc([N+](=O)[O-])cc1Oc1cncc(NN)n1. The highest BCUT2D eigenvalue weighted by atomic mass is 16.6. The van der Waals surface area contributed by atoms with Gasteiger partial charge in [0.15, 0.2) is 17.3 Å². The van der Waals surface area contributed by atoms with Crippen LogP contribution in [0.5, 0.6) is 17.4 Å². The fourth-order valence-electron chi connectivity index (χ4n) is 1.44. The molecule has 2 aromatic rings. The topological polar surface area (TPSA) is 125 Å². The van der Waals surface area contributed by atoms with Crippen molar-refractivity contribution in [3.63, 3.8) is 0 Å². The van der Waals surface area contributed by atoms with Gasteiger partial charge in [-0.25, -0.2) is 5.84 Å². The summed E-state index contributed by atoms with van der Waals surface area (Å²) in [7, 11) is 1.43. The summed E-state index contributed by atoms with van der Waals surface area (Å²) in [5.41, 5.74) is 2.19. The van der Waals surface area contributed by atoms with Crippen LogP contribution in [0.2, 0.25) is 0 Å². The van der Waals surface area contributed by atoms with Crippen molar-refractivity contribution in [2.75, 3.05) is 12.5 Å². The fourth-order valence-corrected chi connectivity index (χ4v) is 1.44. The van der Waals surface area contributed by atoms with Gasteiger partial charge < -0.3 is 14.9 Å². The van der Waals surface area contributed by atoms with Crippen LogP contribution in [-0.4, -0.2) is 22.0 Å². The number of nitrogens with zero attached hydrogens (tertiary/aromatic N) is 3. The minimum Gasteiger partial charge on any atom is -0.493 e. The number of ether oxygens (including phenoxy) is 2. The van der Waals surface area contributed by atoms with Gasteiger partial charge in [-0.05, 0) is 6.07 Å². The molecule has 9 nitrogen and oxygen atoms in total. The Morgan fingerprint density at radius 3 is 2.80 bits per heavy atom. The third kappa shape index (κ3) is 2.90. The maximum Gasteiger partial charge on any atom is 0.273 e. The van der Waals surface area contributed by atoms with E-state index in [1.807, 2.05) is 0 Å². The summed E-state index contributed by atoms with van der Waals surface area (Å²) in [6.45, 7) is 0. The first kappa shape index (κ1) is 13.5. The first-order valence-electron chi connectivity index (χ1n) is 5.43. The van der Waals surface area contributed by atoms with Crippen LogP contribution >= 0.6 is 0 Å². The molecule has 0 unspecified atom stereocenters. The third-order valence-corrected chi connectivity index (χ3v) is 2.33. The van der Waals surface area contributed by atoms with Crippen LogP contribution in [-0.2, 0) is 0 Å². The number of rotatable bonds is 5. The van der Waals surface area contributed by atoms with Gasteiger partial charge in [0.05, 0.1) is 30.5 Å². The monoisotopic (exact) mass is 277 g/mol. The van der Waals surface area contributed by atoms with E-state index in [1.165, 1.54) is 37.7 Å². The fraction of sp³-hybridized carbons (Fsp3) is 0.0909. The number of aromatic nitrogens is 2. The molecule has 1 aromatic heterocycles. The molecule has 0 aliphatic carbocycles. The van der Waals surface area contributed by atoms with Crippen molar-refractivity contribution in [3.05, 3.63) is 40.7 Å². The largest absolute Gasteiger partial charge is 0.493 e. The van der Waals surface area contributed by atoms with Crippen LogP contribution in [0.25, 0.3) is 0 Å². The van der Waals surface area contributed by atoms with E-state index in [4.69, 9.17) is 15.3 Å². The van der Waals surface area contributed by atoms with E-state index in [2.05, 4.69) is 15.4 Å². The lowest BCUT2D eigenvalue weighted by molar-refractivity contribution is -0.384. The molecule has 20 heavy (non-hydrogen) atoms. The Bertz CT molecular complexity index is 634. The second-order valence-electron chi connectivity index (χ2n) is 3.58. The molecular weight excluding hydrogens is 266 g/mol. The smallest absolute Gasteiger partial charge is 0.273 e. The summed E-state index contributed by atoms with van der Waals surface area (Å²) in [6.07, 6.45) is 2.75. The average Bonchev–Trinajstić information content (AvgIpc) is 2.47. The number of nitrogen functional groups attached to an aromatic ring is 1. The van der Waals surface area contributed by atoms with Crippen molar-refractivity contribution in [2.45, 2.75) is 0 Å². The highest BCUT2D eigenvalue weighted by molar-refractivity contribution is 5.50. The Morgan fingerprint density at radius 1 is 1.35 bits per heavy atom. The zero-order valence-electron chi connectivity index (χ0n) is 10.4. The van der Waals surface area contributed by atoms with Gasteiger partial charge >= 0.3 is 0 Å². The van der Waals surface area contributed by atoms with Crippen LogP contribution < -0.4 is 20.7 Å². The molecule has 0 bridgehead atoms. The first-order valence-corrected chi connectivity index (χ1v) is 5.43. The van der Waals surface area contributed by atoms with Crippen molar-refractivity contribution in [1.29, 1.82) is 0 Å². The average molecular weight is 277 g/mol. The van der Waals surface area contributed by atoms with E-state index in [0.717, 1.165) is 0 Å². The minimum absolute atomic E-state index is 0.123. The van der Waals surface area contributed by atoms with E-state index in [9.17, 15) is 10.1 Å². The molecule has 0 aliphatic rings. The third-order valence-electron chi connectivity index (χ3n) is 2.33. The Balaban J connectivity index is 2.35. The molecule has 0 aliphatic heterocycles. The molecule has 0 radical (unpaired) electrons. The number of methoxy groups -OCH3 is 1. The molecular formula is C11H11N5O4. The predicted molar refractivity (Wildman–Crippen MR) is 69.6 cm³/mol. The molecule has 0 fully saturated rings.